The number of aromatic nitrogens is 2. The number of nitrogens with zero attached hydrogens (tertiary/aromatic N) is 2. The summed E-state index contributed by atoms with van der Waals surface area (Å²) in [5, 5.41) is 10.2. The Balaban J connectivity index is 1.71. The fourth-order valence-corrected chi connectivity index (χ4v) is 3.60. The van der Waals surface area contributed by atoms with E-state index in [1.165, 1.54) is 11.3 Å². The lowest BCUT2D eigenvalue weighted by atomic mass is 10.2. The predicted molar refractivity (Wildman–Crippen MR) is 103 cm³/mol. The second-order valence-electron chi connectivity index (χ2n) is 5.93. The van der Waals surface area contributed by atoms with E-state index in [1.54, 1.807) is 51.1 Å². The van der Waals surface area contributed by atoms with E-state index in [1.807, 2.05) is 0 Å². The van der Waals surface area contributed by atoms with Crippen LogP contribution in [0.2, 0.25) is 5.02 Å². The summed E-state index contributed by atoms with van der Waals surface area (Å²) in [6.07, 6.45) is 0. The first-order valence-electron chi connectivity index (χ1n) is 8.12. The van der Waals surface area contributed by atoms with E-state index >= 15 is 0 Å². The molecule has 3 rings (SSSR count). The van der Waals surface area contributed by atoms with Crippen LogP contribution in [0.25, 0.3) is 0 Å². The molecule has 1 aromatic carbocycles. The average Bonchev–Trinajstić information content (AvgIpc) is 3.21. The fourth-order valence-electron chi connectivity index (χ4n) is 2.41. The molecule has 27 heavy (non-hydrogen) atoms. The van der Waals surface area contributed by atoms with Gasteiger partial charge in [-0.3, -0.25) is 9.59 Å². The standard InChI is InChI=1S/C18H17ClN4O3S/c1-9-8-14(22-16(24)12-6-4-5-7-13(12)19)27-15(9)17(25)20-10(2)18-21-11(3)23-26-18/h4-8,10H,1-3H3,(H,20,25)(H,22,24). The molecule has 9 heteroatoms. The lowest BCUT2D eigenvalue weighted by Gasteiger charge is -2.09. The SMILES string of the molecule is Cc1noc(C(C)NC(=O)c2sc(NC(=O)c3ccccc3Cl)cc2C)n1. The Hall–Kier alpha value is -2.71. The Kier molecular flexibility index (Phi) is 5.57. The fraction of sp³-hybridized carbons (Fsp3) is 0.222. The molecule has 0 fully saturated rings. The van der Waals surface area contributed by atoms with Crippen LogP contribution in [-0.4, -0.2) is 22.0 Å². The number of amides is 2. The number of benzene rings is 1. The molecule has 1 atom stereocenters. The van der Waals surface area contributed by atoms with Gasteiger partial charge in [0.2, 0.25) is 5.89 Å². The molecule has 2 N–H and O–H groups in total. The zero-order valence-electron chi connectivity index (χ0n) is 14.9. The van der Waals surface area contributed by atoms with Crippen LogP contribution in [0.5, 0.6) is 0 Å². The van der Waals surface area contributed by atoms with Crippen LogP contribution in [0, 0.1) is 13.8 Å². The van der Waals surface area contributed by atoms with Crippen molar-refractivity contribution in [3.05, 3.63) is 63.1 Å². The highest BCUT2D eigenvalue weighted by molar-refractivity contribution is 7.18. The summed E-state index contributed by atoms with van der Waals surface area (Å²) in [6, 6.07) is 8.09. The minimum absolute atomic E-state index is 0.279. The van der Waals surface area contributed by atoms with Gasteiger partial charge in [0.05, 0.1) is 20.5 Å². The van der Waals surface area contributed by atoms with Gasteiger partial charge in [-0.15, -0.1) is 11.3 Å². The number of aryl methyl sites for hydroxylation is 2. The highest BCUT2D eigenvalue weighted by Gasteiger charge is 2.20. The average molecular weight is 405 g/mol. The van der Waals surface area contributed by atoms with Crippen molar-refractivity contribution in [2.45, 2.75) is 26.8 Å². The van der Waals surface area contributed by atoms with Crippen molar-refractivity contribution in [1.29, 1.82) is 0 Å². The smallest absolute Gasteiger partial charge is 0.262 e. The maximum atomic E-state index is 12.6. The topological polar surface area (TPSA) is 97.1 Å². The number of rotatable bonds is 5. The molecule has 0 saturated carbocycles. The molecule has 0 saturated heterocycles. The zero-order valence-corrected chi connectivity index (χ0v) is 16.4. The van der Waals surface area contributed by atoms with Gasteiger partial charge >= 0.3 is 0 Å². The van der Waals surface area contributed by atoms with Crippen molar-refractivity contribution in [1.82, 2.24) is 15.5 Å². The molecular weight excluding hydrogens is 388 g/mol. The Morgan fingerprint density at radius 3 is 2.63 bits per heavy atom. The molecule has 0 aliphatic heterocycles. The lowest BCUT2D eigenvalue weighted by Crippen LogP contribution is -2.26. The molecule has 0 aliphatic carbocycles. The van der Waals surface area contributed by atoms with Crippen molar-refractivity contribution in [3.8, 4) is 0 Å². The summed E-state index contributed by atoms with van der Waals surface area (Å²) in [6.45, 7) is 5.27. The van der Waals surface area contributed by atoms with Crippen LogP contribution in [0.4, 0.5) is 5.00 Å². The maximum absolute atomic E-state index is 12.6. The first-order chi connectivity index (χ1) is 12.8. The van der Waals surface area contributed by atoms with Crippen LogP contribution in [-0.2, 0) is 0 Å². The van der Waals surface area contributed by atoms with Gasteiger partial charge in [0.1, 0.15) is 6.04 Å². The van der Waals surface area contributed by atoms with E-state index in [0.29, 0.717) is 32.2 Å². The molecule has 140 valence electrons. The number of thiophene rings is 1. The molecular formula is C18H17ClN4O3S. The van der Waals surface area contributed by atoms with Crippen molar-refractivity contribution in [2.24, 2.45) is 0 Å². The van der Waals surface area contributed by atoms with Gasteiger partial charge in [0.25, 0.3) is 11.8 Å². The molecule has 0 radical (unpaired) electrons. The number of hydrogen-bond donors (Lipinski definition) is 2. The molecule has 7 nitrogen and oxygen atoms in total. The molecule has 0 bridgehead atoms. The summed E-state index contributed by atoms with van der Waals surface area (Å²) >= 11 is 7.23. The van der Waals surface area contributed by atoms with Gasteiger partial charge in [-0.2, -0.15) is 4.98 Å². The van der Waals surface area contributed by atoms with Crippen LogP contribution in [0.15, 0.2) is 34.9 Å². The van der Waals surface area contributed by atoms with Crippen molar-refractivity contribution < 1.29 is 14.1 Å². The number of hydrogen-bond acceptors (Lipinski definition) is 6. The molecule has 1 unspecified atom stereocenters. The summed E-state index contributed by atoms with van der Waals surface area (Å²) in [4.78, 5) is 29.5. The molecule has 2 amide bonds. The highest BCUT2D eigenvalue weighted by atomic mass is 35.5. The Morgan fingerprint density at radius 1 is 1.22 bits per heavy atom. The predicted octanol–water partition coefficient (Wildman–Crippen LogP) is 4.14. The number of carbonyl (C=O) groups is 2. The Bertz CT molecular complexity index is 998. The van der Waals surface area contributed by atoms with Gasteiger partial charge in [-0.05, 0) is 44.5 Å². The zero-order chi connectivity index (χ0) is 19.6. The molecule has 2 aromatic heterocycles. The van der Waals surface area contributed by atoms with Gasteiger partial charge in [0, 0.05) is 0 Å². The van der Waals surface area contributed by atoms with Crippen LogP contribution >= 0.6 is 22.9 Å². The van der Waals surface area contributed by atoms with E-state index in [4.69, 9.17) is 16.1 Å². The maximum Gasteiger partial charge on any atom is 0.262 e. The van der Waals surface area contributed by atoms with E-state index in [-0.39, 0.29) is 11.8 Å². The third-order valence-corrected chi connectivity index (χ3v) is 5.22. The van der Waals surface area contributed by atoms with Crippen LogP contribution < -0.4 is 10.6 Å². The number of anilines is 1. The molecule has 3 aromatic rings. The highest BCUT2D eigenvalue weighted by Crippen LogP contribution is 2.28. The van der Waals surface area contributed by atoms with E-state index in [0.717, 1.165) is 5.56 Å². The minimum Gasteiger partial charge on any atom is -0.340 e. The summed E-state index contributed by atoms with van der Waals surface area (Å²) < 4.78 is 5.07. The second-order valence-corrected chi connectivity index (χ2v) is 7.39. The van der Waals surface area contributed by atoms with E-state index in [2.05, 4.69) is 20.8 Å². The van der Waals surface area contributed by atoms with Crippen molar-refractivity contribution in [2.75, 3.05) is 5.32 Å². The Labute approximate surface area is 164 Å². The van der Waals surface area contributed by atoms with Crippen molar-refractivity contribution >= 4 is 39.8 Å². The number of halogens is 1. The summed E-state index contributed by atoms with van der Waals surface area (Å²) in [5.74, 6) is 0.230. The summed E-state index contributed by atoms with van der Waals surface area (Å²) in [5.41, 5.74) is 1.12. The third-order valence-electron chi connectivity index (χ3n) is 3.74. The van der Waals surface area contributed by atoms with Gasteiger partial charge in [-0.1, -0.05) is 28.9 Å². The Morgan fingerprint density at radius 2 is 1.96 bits per heavy atom. The third kappa shape index (κ3) is 4.35. The number of carbonyl (C=O) groups excluding carboxylic acids is 2. The van der Waals surface area contributed by atoms with Crippen LogP contribution in [0.1, 0.15) is 50.3 Å². The first-order valence-corrected chi connectivity index (χ1v) is 9.32. The van der Waals surface area contributed by atoms with E-state index in [9.17, 15) is 9.59 Å². The number of nitrogens with one attached hydrogen (secondary N) is 2. The van der Waals surface area contributed by atoms with Crippen molar-refractivity contribution in [3.63, 3.8) is 0 Å². The first kappa shape index (κ1) is 19.1. The minimum atomic E-state index is -0.429. The monoisotopic (exact) mass is 404 g/mol. The van der Waals surface area contributed by atoms with E-state index < -0.39 is 6.04 Å². The molecule has 0 aliphatic rings. The van der Waals surface area contributed by atoms with Gasteiger partial charge in [-0.25, -0.2) is 0 Å². The lowest BCUT2D eigenvalue weighted by molar-refractivity contribution is 0.0935. The quantitative estimate of drug-likeness (QED) is 0.665. The summed E-state index contributed by atoms with van der Waals surface area (Å²) in [7, 11) is 0. The molecule has 0 spiro atoms. The van der Waals surface area contributed by atoms with Gasteiger partial charge in [0.15, 0.2) is 5.82 Å². The molecule has 2 heterocycles. The largest absolute Gasteiger partial charge is 0.340 e. The van der Waals surface area contributed by atoms with Crippen LogP contribution in [0.3, 0.4) is 0 Å². The van der Waals surface area contributed by atoms with Gasteiger partial charge < -0.3 is 15.2 Å². The second kappa shape index (κ2) is 7.89. The normalized spacial score (nSPS) is 11.9.